The minimum Gasteiger partial charge on any atom is -0.310 e. The van der Waals surface area contributed by atoms with Crippen LogP contribution in [0.15, 0.2) is 22.7 Å². The molecule has 1 N–H and O–H groups in total. The van der Waals surface area contributed by atoms with Crippen molar-refractivity contribution in [1.82, 2.24) is 5.32 Å². The maximum absolute atomic E-state index is 13.6. The van der Waals surface area contributed by atoms with Crippen molar-refractivity contribution in [2.45, 2.75) is 51.6 Å². The summed E-state index contributed by atoms with van der Waals surface area (Å²) in [5, 5.41) is 3.53. The van der Waals surface area contributed by atoms with Gasteiger partial charge in [-0.15, -0.1) is 0 Å². The van der Waals surface area contributed by atoms with Crippen LogP contribution in [0.2, 0.25) is 0 Å². The Morgan fingerprint density at radius 3 is 2.89 bits per heavy atom. The molecule has 18 heavy (non-hydrogen) atoms. The topological polar surface area (TPSA) is 12.0 Å². The third kappa shape index (κ3) is 3.79. The predicted octanol–water partition coefficient (Wildman–Crippen LogP) is 4.65. The first-order valence-corrected chi connectivity index (χ1v) is 7.63. The molecule has 0 radical (unpaired) electrons. The van der Waals surface area contributed by atoms with E-state index in [1.54, 1.807) is 6.07 Å². The Balaban J connectivity index is 1.95. The second kappa shape index (κ2) is 6.67. The Kier molecular flexibility index (Phi) is 5.19. The third-order valence-corrected chi connectivity index (χ3v) is 4.42. The minimum atomic E-state index is -0.119. The highest BCUT2D eigenvalue weighted by Gasteiger charge is 2.19. The van der Waals surface area contributed by atoms with E-state index in [4.69, 9.17) is 0 Å². The van der Waals surface area contributed by atoms with Gasteiger partial charge in [-0.25, -0.2) is 4.39 Å². The monoisotopic (exact) mass is 313 g/mol. The Labute approximate surface area is 117 Å². The first-order valence-electron chi connectivity index (χ1n) is 6.84. The van der Waals surface area contributed by atoms with Crippen LogP contribution in [0.4, 0.5) is 4.39 Å². The SMILES string of the molecule is CC1CCCCCC1NCc1cc(Br)ccc1F. The van der Waals surface area contributed by atoms with Crippen molar-refractivity contribution in [2.24, 2.45) is 5.92 Å². The van der Waals surface area contributed by atoms with Crippen molar-refractivity contribution in [3.63, 3.8) is 0 Å². The molecule has 0 aromatic heterocycles. The van der Waals surface area contributed by atoms with Crippen LogP contribution in [0.1, 0.15) is 44.6 Å². The van der Waals surface area contributed by atoms with Crippen LogP contribution in [0, 0.1) is 11.7 Å². The van der Waals surface area contributed by atoms with Crippen LogP contribution in [0.5, 0.6) is 0 Å². The summed E-state index contributed by atoms with van der Waals surface area (Å²) in [4.78, 5) is 0. The Bertz CT molecular complexity index is 394. The summed E-state index contributed by atoms with van der Waals surface area (Å²) in [5.74, 6) is 0.578. The molecule has 1 fully saturated rings. The van der Waals surface area contributed by atoms with Gasteiger partial charge in [-0.3, -0.25) is 0 Å². The summed E-state index contributed by atoms with van der Waals surface area (Å²) in [6.07, 6.45) is 6.48. The Morgan fingerprint density at radius 1 is 1.28 bits per heavy atom. The van der Waals surface area contributed by atoms with Crippen LogP contribution in [0.3, 0.4) is 0 Å². The third-order valence-electron chi connectivity index (χ3n) is 3.92. The van der Waals surface area contributed by atoms with Crippen LogP contribution in [-0.2, 0) is 6.54 Å². The fraction of sp³-hybridized carbons (Fsp3) is 0.600. The molecule has 1 aliphatic carbocycles. The van der Waals surface area contributed by atoms with Crippen LogP contribution < -0.4 is 5.32 Å². The number of benzene rings is 1. The zero-order valence-electron chi connectivity index (χ0n) is 10.9. The van der Waals surface area contributed by atoms with Crippen LogP contribution in [-0.4, -0.2) is 6.04 Å². The van der Waals surface area contributed by atoms with E-state index in [9.17, 15) is 4.39 Å². The summed E-state index contributed by atoms with van der Waals surface area (Å²) < 4.78 is 14.6. The van der Waals surface area contributed by atoms with Gasteiger partial charge in [0.1, 0.15) is 5.82 Å². The number of halogens is 2. The molecule has 2 rings (SSSR count). The van der Waals surface area contributed by atoms with E-state index in [0.29, 0.717) is 18.5 Å². The standard InChI is InChI=1S/C15H21BrFN/c1-11-5-3-2-4-6-15(11)18-10-12-9-13(16)7-8-14(12)17/h7-9,11,15,18H,2-6,10H2,1H3. The number of nitrogens with one attached hydrogen (secondary N) is 1. The van der Waals surface area contributed by atoms with E-state index in [-0.39, 0.29) is 5.82 Å². The van der Waals surface area contributed by atoms with Gasteiger partial charge in [-0.1, -0.05) is 42.1 Å². The molecule has 0 spiro atoms. The van der Waals surface area contributed by atoms with Gasteiger partial charge in [0.2, 0.25) is 0 Å². The van der Waals surface area contributed by atoms with E-state index < -0.39 is 0 Å². The van der Waals surface area contributed by atoms with E-state index in [2.05, 4.69) is 28.2 Å². The molecule has 0 saturated heterocycles. The highest BCUT2D eigenvalue weighted by atomic mass is 79.9. The average molecular weight is 314 g/mol. The lowest BCUT2D eigenvalue weighted by Gasteiger charge is -2.23. The summed E-state index contributed by atoms with van der Waals surface area (Å²) in [6, 6.07) is 5.67. The van der Waals surface area contributed by atoms with E-state index in [1.807, 2.05) is 6.07 Å². The highest BCUT2D eigenvalue weighted by Crippen LogP contribution is 2.23. The first kappa shape index (κ1) is 14.0. The Hall–Kier alpha value is -0.410. The van der Waals surface area contributed by atoms with Crippen molar-refractivity contribution < 1.29 is 4.39 Å². The molecule has 1 aliphatic rings. The maximum Gasteiger partial charge on any atom is 0.127 e. The van der Waals surface area contributed by atoms with Crippen molar-refractivity contribution >= 4 is 15.9 Å². The minimum absolute atomic E-state index is 0.119. The molecular formula is C15H21BrFN. The van der Waals surface area contributed by atoms with Crippen molar-refractivity contribution in [3.05, 3.63) is 34.1 Å². The quantitative estimate of drug-likeness (QED) is 0.801. The second-order valence-electron chi connectivity index (χ2n) is 5.34. The molecule has 0 aliphatic heterocycles. The van der Waals surface area contributed by atoms with Gasteiger partial charge in [-0.05, 0) is 37.0 Å². The molecule has 0 bridgehead atoms. The van der Waals surface area contributed by atoms with Crippen molar-refractivity contribution in [1.29, 1.82) is 0 Å². The maximum atomic E-state index is 13.6. The molecule has 1 aromatic carbocycles. The molecule has 3 heteroatoms. The van der Waals surface area contributed by atoms with Gasteiger partial charge in [0, 0.05) is 22.6 Å². The summed E-state index contributed by atoms with van der Waals surface area (Å²) >= 11 is 3.39. The fourth-order valence-corrected chi connectivity index (χ4v) is 3.12. The highest BCUT2D eigenvalue weighted by molar-refractivity contribution is 9.10. The van der Waals surface area contributed by atoms with Crippen molar-refractivity contribution in [2.75, 3.05) is 0 Å². The van der Waals surface area contributed by atoms with Gasteiger partial charge < -0.3 is 5.32 Å². The number of hydrogen-bond acceptors (Lipinski definition) is 1. The zero-order chi connectivity index (χ0) is 13.0. The molecule has 0 heterocycles. The molecule has 1 nitrogen and oxygen atoms in total. The van der Waals surface area contributed by atoms with Gasteiger partial charge in [-0.2, -0.15) is 0 Å². The van der Waals surface area contributed by atoms with E-state index in [1.165, 1.54) is 38.2 Å². The van der Waals surface area contributed by atoms with Gasteiger partial charge in [0.15, 0.2) is 0 Å². The smallest absolute Gasteiger partial charge is 0.127 e. The molecule has 100 valence electrons. The van der Waals surface area contributed by atoms with Gasteiger partial charge >= 0.3 is 0 Å². The van der Waals surface area contributed by atoms with Gasteiger partial charge in [0.25, 0.3) is 0 Å². The fourth-order valence-electron chi connectivity index (χ4n) is 2.72. The molecular weight excluding hydrogens is 293 g/mol. The van der Waals surface area contributed by atoms with Crippen molar-refractivity contribution in [3.8, 4) is 0 Å². The molecule has 2 unspecified atom stereocenters. The largest absolute Gasteiger partial charge is 0.310 e. The first-order chi connectivity index (χ1) is 8.66. The summed E-state index contributed by atoms with van der Waals surface area (Å²) in [6.45, 7) is 2.93. The lowest BCUT2D eigenvalue weighted by atomic mass is 9.97. The molecule has 2 atom stereocenters. The van der Waals surface area contributed by atoms with E-state index in [0.717, 1.165) is 10.0 Å². The number of hydrogen-bond donors (Lipinski definition) is 1. The zero-order valence-corrected chi connectivity index (χ0v) is 12.5. The molecule has 0 amide bonds. The molecule has 1 aromatic rings. The average Bonchev–Trinajstić information content (AvgIpc) is 2.55. The lowest BCUT2D eigenvalue weighted by Crippen LogP contribution is -2.34. The Morgan fingerprint density at radius 2 is 2.06 bits per heavy atom. The summed E-state index contributed by atoms with van der Waals surface area (Å²) in [7, 11) is 0. The molecule has 1 saturated carbocycles. The second-order valence-corrected chi connectivity index (χ2v) is 6.25. The van der Waals surface area contributed by atoms with E-state index >= 15 is 0 Å². The predicted molar refractivity (Wildman–Crippen MR) is 77.0 cm³/mol. The normalized spacial score (nSPS) is 24.8. The summed E-state index contributed by atoms with van der Waals surface area (Å²) in [5.41, 5.74) is 0.751. The van der Waals surface area contributed by atoms with Crippen LogP contribution >= 0.6 is 15.9 Å². The van der Waals surface area contributed by atoms with Gasteiger partial charge in [0.05, 0.1) is 0 Å². The van der Waals surface area contributed by atoms with Crippen LogP contribution in [0.25, 0.3) is 0 Å². The lowest BCUT2D eigenvalue weighted by molar-refractivity contribution is 0.354. The number of rotatable bonds is 3.